The van der Waals surface area contributed by atoms with Gasteiger partial charge in [-0.15, -0.1) is 0 Å². The maximum Gasteiger partial charge on any atom is 0.260 e. The van der Waals surface area contributed by atoms with Gasteiger partial charge >= 0.3 is 0 Å². The van der Waals surface area contributed by atoms with Gasteiger partial charge in [0, 0.05) is 11.1 Å². The zero-order chi connectivity index (χ0) is 18.6. The van der Waals surface area contributed by atoms with Gasteiger partial charge in [-0.25, -0.2) is 14.8 Å². The first-order valence-electron chi connectivity index (χ1n) is 8.22. The number of rotatable bonds is 5. The number of aromatic amines is 1. The highest BCUT2D eigenvalue weighted by molar-refractivity contribution is 5.89. The predicted molar refractivity (Wildman–Crippen MR) is 99.5 cm³/mol. The largest absolute Gasteiger partial charge is 0.321 e. The summed E-state index contributed by atoms with van der Waals surface area (Å²) in [6, 6.07) is 13.6. The Kier molecular flexibility index (Phi) is 4.44. The second-order valence-electron chi connectivity index (χ2n) is 5.86. The van der Waals surface area contributed by atoms with Crippen LogP contribution in [0.1, 0.15) is 5.56 Å². The molecule has 27 heavy (non-hydrogen) atoms. The van der Waals surface area contributed by atoms with Crippen LogP contribution in [-0.2, 0) is 11.3 Å². The number of para-hydroxylation sites is 2. The number of fused-ring (bicyclic) bond motifs is 1. The van der Waals surface area contributed by atoms with Crippen LogP contribution in [0.5, 0.6) is 0 Å². The van der Waals surface area contributed by atoms with Crippen molar-refractivity contribution in [2.75, 3.05) is 0 Å². The number of nitrogens with one attached hydrogen (secondary N) is 2. The van der Waals surface area contributed by atoms with E-state index >= 15 is 0 Å². The van der Waals surface area contributed by atoms with E-state index in [9.17, 15) is 9.18 Å². The molecule has 2 aromatic heterocycles. The molecule has 0 aliphatic rings. The smallest absolute Gasteiger partial charge is 0.260 e. The molecular formula is C19H15FN6O. The first-order valence-corrected chi connectivity index (χ1v) is 8.22. The molecule has 4 rings (SSSR count). The number of carbonyl (C=O) groups is 1. The minimum Gasteiger partial charge on any atom is -0.321 e. The molecule has 134 valence electrons. The van der Waals surface area contributed by atoms with Gasteiger partial charge in [0.1, 0.15) is 12.4 Å². The van der Waals surface area contributed by atoms with Crippen molar-refractivity contribution in [3.8, 4) is 11.3 Å². The summed E-state index contributed by atoms with van der Waals surface area (Å²) in [7, 11) is 0. The van der Waals surface area contributed by atoms with Gasteiger partial charge < -0.3 is 4.57 Å². The summed E-state index contributed by atoms with van der Waals surface area (Å²) >= 11 is 0. The fourth-order valence-corrected chi connectivity index (χ4v) is 2.74. The van der Waals surface area contributed by atoms with E-state index in [1.54, 1.807) is 29.2 Å². The van der Waals surface area contributed by atoms with Crippen LogP contribution in [0.3, 0.4) is 0 Å². The molecule has 0 aliphatic carbocycles. The molecule has 2 aromatic carbocycles. The van der Waals surface area contributed by atoms with Crippen molar-refractivity contribution < 1.29 is 9.18 Å². The highest BCUT2D eigenvalue weighted by atomic mass is 19.1. The van der Waals surface area contributed by atoms with E-state index in [1.165, 1.54) is 18.3 Å². The molecular weight excluding hydrogens is 347 g/mol. The fraction of sp³-hybridized carbons (Fsp3) is 0.0526. The van der Waals surface area contributed by atoms with Crippen molar-refractivity contribution in [2.24, 2.45) is 5.10 Å². The number of benzene rings is 2. The van der Waals surface area contributed by atoms with Gasteiger partial charge in [0.05, 0.1) is 35.5 Å². The molecule has 0 radical (unpaired) electrons. The summed E-state index contributed by atoms with van der Waals surface area (Å²) in [5, 5.41) is 10.8. The lowest BCUT2D eigenvalue weighted by molar-refractivity contribution is -0.121. The lowest BCUT2D eigenvalue weighted by Crippen LogP contribution is -2.22. The first kappa shape index (κ1) is 16.6. The van der Waals surface area contributed by atoms with Crippen molar-refractivity contribution in [2.45, 2.75) is 6.54 Å². The van der Waals surface area contributed by atoms with Crippen LogP contribution in [0.15, 0.2) is 66.2 Å². The van der Waals surface area contributed by atoms with Gasteiger partial charge in [0.2, 0.25) is 0 Å². The van der Waals surface area contributed by atoms with Gasteiger partial charge in [-0.2, -0.15) is 10.2 Å². The number of amides is 1. The Morgan fingerprint density at radius 2 is 2.04 bits per heavy atom. The van der Waals surface area contributed by atoms with E-state index in [4.69, 9.17) is 0 Å². The van der Waals surface area contributed by atoms with E-state index in [0.29, 0.717) is 11.3 Å². The zero-order valence-corrected chi connectivity index (χ0v) is 14.1. The molecule has 8 heteroatoms. The summed E-state index contributed by atoms with van der Waals surface area (Å²) in [5.74, 6) is -0.589. The van der Waals surface area contributed by atoms with Gasteiger partial charge in [0.25, 0.3) is 5.91 Å². The normalized spacial score (nSPS) is 11.3. The second-order valence-corrected chi connectivity index (χ2v) is 5.86. The fourth-order valence-electron chi connectivity index (χ4n) is 2.74. The van der Waals surface area contributed by atoms with E-state index in [2.05, 4.69) is 25.7 Å². The Bertz CT molecular complexity index is 1110. The lowest BCUT2D eigenvalue weighted by Gasteiger charge is -2.03. The van der Waals surface area contributed by atoms with Crippen LogP contribution in [-0.4, -0.2) is 31.9 Å². The summed E-state index contributed by atoms with van der Waals surface area (Å²) in [6.07, 6.45) is 4.69. The average molecular weight is 362 g/mol. The van der Waals surface area contributed by atoms with Gasteiger partial charge in [0.15, 0.2) is 0 Å². The summed E-state index contributed by atoms with van der Waals surface area (Å²) in [6.45, 7) is 0.105. The standard InChI is InChI=1S/C19H15FN6O/c20-15-7-5-13(6-8-15)19-14(10-23-25-19)9-22-24-18(27)11-26-12-21-16-3-1-2-4-17(16)26/h1-10,12H,11H2,(H,23,25)(H,24,27). The molecule has 2 N–H and O–H groups in total. The molecule has 0 fully saturated rings. The van der Waals surface area contributed by atoms with Crippen LogP contribution in [0.2, 0.25) is 0 Å². The third kappa shape index (κ3) is 3.59. The molecule has 0 spiro atoms. The number of hydrogen-bond donors (Lipinski definition) is 2. The van der Waals surface area contributed by atoms with Crippen molar-refractivity contribution in [3.05, 3.63) is 72.4 Å². The molecule has 0 atom stereocenters. The van der Waals surface area contributed by atoms with Gasteiger partial charge in [-0.05, 0) is 36.4 Å². The molecule has 0 saturated heterocycles. The molecule has 1 amide bonds. The van der Waals surface area contributed by atoms with E-state index in [-0.39, 0.29) is 18.3 Å². The van der Waals surface area contributed by atoms with Crippen LogP contribution in [0, 0.1) is 5.82 Å². The second kappa shape index (κ2) is 7.20. The minimum atomic E-state index is -0.312. The predicted octanol–water partition coefficient (Wildman–Crippen LogP) is 2.72. The molecule has 0 aliphatic heterocycles. The molecule has 7 nitrogen and oxygen atoms in total. The Morgan fingerprint density at radius 1 is 1.22 bits per heavy atom. The van der Waals surface area contributed by atoms with E-state index < -0.39 is 0 Å². The lowest BCUT2D eigenvalue weighted by atomic mass is 10.1. The van der Waals surface area contributed by atoms with Crippen molar-refractivity contribution in [1.82, 2.24) is 25.2 Å². The van der Waals surface area contributed by atoms with E-state index in [1.807, 2.05) is 24.3 Å². The highest BCUT2D eigenvalue weighted by Gasteiger charge is 2.08. The Hall–Kier alpha value is -3.81. The monoisotopic (exact) mass is 362 g/mol. The Labute approximate surface area is 153 Å². The van der Waals surface area contributed by atoms with Crippen molar-refractivity contribution in [1.29, 1.82) is 0 Å². The first-order chi connectivity index (χ1) is 13.2. The molecule has 0 saturated carbocycles. The third-order valence-corrected chi connectivity index (χ3v) is 4.04. The van der Waals surface area contributed by atoms with Crippen LogP contribution >= 0.6 is 0 Å². The summed E-state index contributed by atoms with van der Waals surface area (Å²) in [4.78, 5) is 16.4. The Morgan fingerprint density at radius 3 is 2.89 bits per heavy atom. The van der Waals surface area contributed by atoms with Gasteiger partial charge in [-0.3, -0.25) is 9.89 Å². The number of hydrazone groups is 1. The highest BCUT2D eigenvalue weighted by Crippen LogP contribution is 2.20. The molecule has 2 heterocycles. The molecule has 0 bridgehead atoms. The number of H-pyrrole nitrogens is 1. The topological polar surface area (TPSA) is 88.0 Å². The van der Waals surface area contributed by atoms with Crippen molar-refractivity contribution in [3.63, 3.8) is 0 Å². The SMILES string of the molecule is O=C(Cn1cnc2ccccc21)NN=Cc1cn[nH]c1-c1ccc(F)cc1. The molecule has 0 unspecified atom stereocenters. The van der Waals surface area contributed by atoms with Gasteiger partial charge in [-0.1, -0.05) is 12.1 Å². The Balaban J connectivity index is 1.43. The van der Waals surface area contributed by atoms with Crippen LogP contribution < -0.4 is 5.43 Å². The zero-order valence-electron chi connectivity index (χ0n) is 14.1. The van der Waals surface area contributed by atoms with E-state index in [0.717, 1.165) is 16.6 Å². The number of imidazole rings is 1. The number of halogens is 1. The maximum absolute atomic E-state index is 13.1. The number of carbonyl (C=O) groups excluding carboxylic acids is 1. The number of nitrogens with zero attached hydrogens (tertiary/aromatic N) is 4. The average Bonchev–Trinajstić information content (AvgIpc) is 3.30. The molecule has 4 aromatic rings. The number of aromatic nitrogens is 4. The third-order valence-electron chi connectivity index (χ3n) is 4.04. The summed E-state index contributed by atoms with van der Waals surface area (Å²) in [5.41, 5.74) is 6.34. The maximum atomic E-state index is 13.1. The summed E-state index contributed by atoms with van der Waals surface area (Å²) < 4.78 is 14.8. The number of hydrogen-bond acceptors (Lipinski definition) is 4. The van der Waals surface area contributed by atoms with Crippen molar-refractivity contribution >= 4 is 23.2 Å². The van der Waals surface area contributed by atoms with Crippen LogP contribution in [0.4, 0.5) is 4.39 Å². The quantitative estimate of drug-likeness (QED) is 0.423. The van der Waals surface area contributed by atoms with Crippen LogP contribution in [0.25, 0.3) is 22.3 Å². The minimum absolute atomic E-state index is 0.105.